The Morgan fingerprint density at radius 1 is 1.03 bits per heavy atom. The van der Waals surface area contributed by atoms with Crippen molar-refractivity contribution in [2.24, 2.45) is 0 Å². The highest BCUT2D eigenvalue weighted by Gasteiger charge is 2.24. The number of likely N-dealkylation sites (N-methyl/N-ethyl adjacent to an activating group) is 1. The van der Waals surface area contributed by atoms with E-state index < -0.39 is 0 Å². The van der Waals surface area contributed by atoms with Crippen LogP contribution in [-0.2, 0) is 30.7 Å². The van der Waals surface area contributed by atoms with Gasteiger partial charge >= 0.3 is 0 Å². The number of amides is 1. The first-order chi connectivity index (χ1) is 15.6. The Morgan fingerprint density at radius 2 is 1.72 bits per heavy atom. The molecule has 162 valence electrons. The molecular formula is C26H25N3O2S. The van der Waals surface area contributed by atoms with Crippen molar-refractivity contribution in [3.05, 3.63) is 87.0 Å². The Morgan fingerprint density at radius 3 is 2.47 bits per heavy atom. The van der Waals surface area contributed by atoms with E-state index in [-0.39, 0.29) is 18.0 Å². The molecule has 5 rings (SSSR count). The summed E-state index contributed by atoms with van der Waals surface area (Å²) in [7, 11) is 1.78. The minimum atomic E-state index is -0.113. The highest BCUT2D eigenvalue weighted by molar-refractivity contribution is 7.18. The van der Waals surface area contributed by atoms with E-state index in [0.29, 0.717) is 17.8 Å². The maximum Gasteiger partial charge on any atom is 0.263 e. The molecule has 0 aliphatic heterocycles. The highest BCUT2D eigenvalue weighted by Crippen LogP contribution is 2.34. The Kier molecular flexibility index (Phi) is 5.62. The van der Waals surface area contributed by atoms with Crippen LogP contribution in [0.1, 0.15) is 28.8 Å². The fourth-order valence-corrected chi connectivity index (χ4v) is 5.65. The van der Waals surface area contributed by atoms with Crippen LogP contribution in [0.3, 0.4) is 0 Å². The lowest BCUT2D eigenvalue weighted by molar-refractivity contribution is -0.131. The van der Waals surface area contributed by atoms with Gasteiger partial charge in [0.05, 0.1) is 5.39 Å². The number of hydrogen-bond acceptors (Lipinski definition) is 4. The number of aromatic nitrogens is 2. The van der Waals surface area contributed by atoms with Gasteiger partial charge in [-0.2, -0.15) is 0 Å². The minimum absolute atomic E-state index is 0.0278. The van der Waals surface area contributed by atoms with Crippen molar-refractivity contribution < 1.29 is 4.79 Å². The second-order valence-electron chi connectivity index (χ2n) is 8.32. The van der Waals surface area contributed by atoms with Gasteiger partial charge in [0.25, 0.3) is 5.56 Å². The standard InChI is InChI=1S/C26H25N3O2S/c1-28(16-18-10-4-2-5-11-18)22(30)17-29-24(19-12-6-3-7-13-19)27-25-23(26(29)31)20-14-8-9-15-21(20)32-25/h2-7,10-13H,8-9,14-17H2,1H3. The van der Waals surface area contributed by atoms with E-state index in [1.807, 2.05) is 60.7 Å². The number of carbonyl (C=O) groups is 1. The molecule has 0 atom stereocenters. The number of aryl methyl sites for hydroxylation is 2. The molecule has 0 N–H and O–H groups in total. The van der Waals surface area contributed by atoms with E-state index >= 15 is 0 Å². The zero-order valence-electron chi connectivity index (χ0n) is 18.1. The van der Waals surface area contributed by atoms with Gasteiger partial charge in [0.15, 0.2) is 0 Å². The normalized spacial score (nSPS) is 13.2. The summed E-state index contributed by atoms with van der Waals surface area (Å²) < 4.78 is 1.57. The molecule has 0 saturated heterocycles. The van der Waals surface area contributed by atoms with Crippen molar-refractivity contribution in [1.82, 2.24) is 14.5 Å². The predicted molar refractivity (Wildman–Crippen MR) is 129 cm³/mol. The van der Waals surface area contributed by atoms with Gasteiger partial charge < -0.3 is 4.90 Å². The van der Waals surface area contributed by atoms with Crippen molar-refractivity contribution in [2.75, 3.05) is 7.05 Å². The van der Waals surface area contributed by atoms with E-state index in [1.165, 1.54) is 4.88 Å². The lowest BCUT2D eigenvalue weighted by Gasteiger charge is -2.19. The predicted octanol–water partition coefficient (Wildman–Crippen LogP) is 4.66. The molecule has 2 aromatic carbocycles. The van der Waals surface area contributed by atoms with Crippen LogP contribution in [0.5, 0.6) is 0 Å². The molecule has 2 heterocycles. The first-order valence-electron chi connectivity index (χ1n) is 11.0. The number of thiophene rings is 1. The van der Waals surface area contributed by atoms with E-state index in [1.54, 1.807) is 27.9 Å². The number of carbonyl (C=O) groups excluding carboxylic acids is 1. The quantitative estimate of drug-likeness (QED) is 0.451. The lowest BCUT2D eigenvalue weighted by atomic mass is 9.97. The van der Waals surface area contributed by atoms with E-state index in [4.69, 9.17) is 4.98 Å². The Labute approximate surface area is 191 Å². The largest absolute Gasteiger partial charge is 0.340 e. The van der Waals surface area contributed by atoms with Crippen molar-refractivity contribution in [2.45, 2.75) is 38.8 Å². The Balaban J connectivity index is 1.58. The van der Waals surface area contributed by atoms with Crippen molar-refractivity contribution in [3.8, 4) is 11.4 Å². The average Bonchev–Trinajstić information content (AvgIpc) is 3.20. The summed E-state index contributed by atoms with van der Waals surface area (Å²) in [4.78, 5) is 35.5. The van der Waals surface area contributed by atoms with Gasteiger partial charge in [-0.15, -0.1) is 11.3 Å². The van der Waals surface area contributed by atoms with Crippen LogP contribution in [-0.4, -0.2) is 27.4 Å². The van der Waals surface area contributed by atoms with Crippen LogP contribution in [0.15, 0.2) is 65.5 Å². The van der Waals surface area contributed by atoms with Crippen LogP contribution in [0.4, 0.5) is 0 Å². The Bertz CT molecular complexity index is 1330. The van der Waals surface area contributed by atoms with Crippen LogP contribution in [0.25, 0.3) is 21.6 Å². The van der Waals surface area contributed by atoms with E-state index in [9.17, 15) is 9.59 Å². The third-order valence-electron chi connectivity index (χ3n) is 6.09. The molecule has 1 amide bonds. The highest BCUT2D eigenvalue weighted by atomic mass is 32.1. The van der Waals surface area contributed by atoms with Crippen LogP contribution >= 0.6 is 11.3 Å². The third kappa shape index (κ3) is 3.86. The SMILES string of the molecule is CN(Cc1ccccc1)C(=O)Cn1c(-c2ccccc2)nc2sc3c(c2c1=O)CCCC3. The van der Waals surface area contributed by atoms with Gasteiger partial charge in [0.1, 0.15) is 17.2 Å². The summed E-state index contributed by atoms with van der Waals surface area (Å²) in [5.74, 6) is 0.446. The number of fused-ring (bicyclic) bond motifs is 3. The first kappa shape index (κ1) is 20.6. The van der Waals surface area contributed by atoms with Crippen LogP contribution < -0.4 is 5.56 Å². The molecular weight excluding hydrogens is 418 g/mol. The number of benzene rings is 2. The molecule has 6 heteroatoms. The molecule has 0 saturated carbocycles. The van der Waals surface area contributed by atoms with Gasteiger partial charge in [0.2, 0.25) is 5.91 Å². The summed E-state index contributed by atoms with van der Waals surface area (Å²) in [6, 6.07) is 19.6. The molecule has 32 heavy (non-hydrogen) atoms. The molecule has 0 radical (unpaired) electrons. The second-order valence-corrected chi connectivity index (χ2v) is 9.40. The molecule has 0 fully saturated rings. The van der Waals surface area contributed by atoms with Crippen LogP contribution in [0, 0.1) is 0 Å². The summed E-state index contributed by atoms with van der Waals surface area (Å²) in [5, 5.41) is 0.711. The molecule has 1 aliphatic carbocycles. The smallest absolute Gasteiger partial charge is 0.263 e. The maximum absolute atomic E-state index is 13.7. The topological polar surface area (TPSA) is 55.2 Å². The van der Waals surface area contributed by atoms with Crippen molar-refractivity contribution >= 4 is 27.5 Å². The molecule has 2 aromatic heterocycles. The summed E-state index contributed by atoms with van der Waals surface area (Å²) in [6.07, 6.45) is 4.17. The zero-order valence-corrected chi connectivity index (χ0v) is 18.9. The fourth-order valence-electron chi connectivity index (χ4n) is 4.39. The van der Waals surface area contributed by atoms with Gasteiger partial charge in [0, 0.05) is 24.0 Å². The van der Waals surface area contributed by atoms with Crippen LogP contribution in [0.2, 0.25) is 0 Å². The molecule has 4 aromatic rings. The summed E-state index contributed by atoms with van der Waals surface area (Å²) >= 11 is 1.64. The number of rotatable bonds is 5. The molecule has 0 unspecified atom stereocenters. The fraction of sp³-hybridized carbons (Fsp3) is 0.269. The van der Waals surface area contributed by atoms with Gasteiger partial charge in [-0.1, -0.05) is 60.7 Å². The molecule has 1 aliphatic rings. The Hall–Kier alpha value is -3.25. The number of hydrogen-bond donors (Lipinski definition) is 0. The monoisotopic (exact) mass is 443 g/mol. The molecule has 0 spiro atoms. The van der Waals surface area contributed by atoms with E-state index in [0.717, 1.165) is 47.2 Å². The minimum Gasteiger partial charge on any atom is -0.340 e. The van der Waals surface area contributed by atoms with Gasteiger partial charge in [-0.25, -0.2) is 4.98 Å². The third-order valence-corrected chi connectivity index (χ3v) is 7.27. The van der Waals surface area contributed by atoms with Crippen molar-refractivity contribution in [1.29, 1.82) is 0 Å². The lowest BCUT2D eigenvalue weighted by Crippen LogP contribution is -2.34. The van der Waals surface area contributed by atoms with E-state index in [2.05, 4.69) is 0 Å². The molecule has 5 nitrogen and oxygen atoms in total. The summed E-state index contributed by atoms with van der Waals surface area (Å²) in [6.45, 7) is 0.471. The molecule has 0 bridgehead atoms. The van der Waals surface area contributed by atoms with Gasteiger partial charge in [-0.3, -0.25) is 14.2 Å². The van der Waals surface area contributed by atoms with Gasteiger partial charge in [-0.05, 0) is 36.8 Å². The second kappa shape index (κ2) is 8.71. The zero-order chi connectivity index (χ0) is 22.1. The summed E-state index contributed by atoms with van der Waals surface area (Å²) in [5.41, 5.74) is 2.94. The average molecular weight is 444 g/mol. The maximum atomic E-state index is 13.7. The number of nitrogens with zero attached hydrogens (tertiary/aromatic N) is 3. The first-order valence-corrected chi connectivity index (χ1v) is 11.8. The van der Waals surface area contributed by atoms with Crippen molar-refractivity contribution in [3.63, 3.8) is 0 Å².